The molecule has 1 aromatic carbocycles. The molecule has 0 radical (unpaired) electrons. The quantitative estimate of drug-likeness (QED) is 0.708. The van der Waals surface area contributed by atoms with Gasteiger partial charge in [-0.25, -0.2) is 0 Å². The van der Waals surface area contributed by atoms with Crippen molar-refractivity contribution in [3.63, 3.8) is 0 Å². The Bertz CT molecular complexity index is 387. The Hall–Kier alpha value is -0.830. The average molecular weight is 240 g/mol. The van der Waals surface area contributed by atoms with Gasteiger partial charge in [-0.15, -0.1) is 0 Å². The Morgan fingerprint density at radius 2 is 2.23 bits per heavy atom. The molecular formula is C10H10BrNO. The first kappa shape index (κ1) is 8.75. The highest BCUT2D eigenvalue weighted by Gasteiger charge is 2.26. The van der Waals surface area contributed by atoms with E-state index in [0.717, 1.165) is 15.6 Å². The number of hydrogen-bond acceptors (Lipinski definition) is 2. The lowest BCUT2D eigenvalue weighted by Gasteiger charge is -2.05. The number of Topliss-reactive ketones (excluding diaryl/α,β-unsaturated/α-hetero) is 1. The van der Waals surface area contributed by atoms with Gasteiger partial charge in [0.15, 0.2) is 5.78 Å². The van der Waals surface area contributed by atoms with E-state index in [2.05, 4.69) is 22.9 Å². The molecule has 68 valence electrons. The molecule has 13 heavy (non-hydrogen) atoms. The van der Waals surface area contributed by atoms with Gasteiger partial charge >= 0.3 is 0 Å². The van der Waals surface area contributed by atoms with Crippen LogP contribution in [-0.2, 0) is 0 Å². The fourth-order valence-electron chi connectivity index (χ4n) is 1.75. The third-order valence-corrected chi connectivity index (χ3v) is 3.18. The maximum absolute atomic E-state index is 11.5. The second kappa shape index (κ2) is 2.84. The van der Waals surface area contributed by atoms with Gasteiger partial charge < -0.3 is 5.73 Å². The van der Waals surface area contributed by atoms with Crippen molar-refractivity contribution in [1.82, 2.24) is 0 Å². The molecule has 1 aliphatic rings. The molecule has 2 N–H and O–H groups in total. The van der Waals surface area contributed by atoms with Gasteiger partial charge in [0.1, 0.15) is 0 Å². The van der Waals surface area contributed by atoms with Crippen LogP contribution in [0.2, 0.25) is 0 Å². The number of benzene rings is 1. The first-order valence-corrected chi connectivity index (χ1v) is 5.01. The van der Waals surface area contributed by atoms with Crippen molar-refractivity contribution in [3.05, 3.63) is 27.7 Å². The van der Waals surface area contributed by atoms with Crippen molar-refractivity contribution in [2.75, 3.05) is 5.73 Å². The fraction of sp³-hybridized carbons (Fsp3) is 0.300. The van der Waals surface area contributed by atoms with Crippen molar-refractivity contribution >= 4 is 27.4 Å². The van der Waals surface area contributed by atoms with E-state index in [1.54, 1.807) is 0 Å². The van der Waals surface area contributed by atoms with Crippen molar-refractivity contribution in [1.29, 1.82) is 0 Å². The molecule has 3 heteroatoms. The van der Waals surface area contributed by atoms with E-state index in [4.69, 9.17) is 5.73 Å². The number of carbonyl (C=O) groups excluding carboxylic acids is 1. The second-order valence-electron chi connectivity index (χ2n) is 3.49. The zero-order chi connectivity index (χ0) is 9.59. The Labute approximate surface area is 85.3 Å². The Morgan fingerprint density at radius 1 is 1.54 bits per heavy atom. The molecule has 0 fully saturated rings. The van der Waals surface area contributed by atoms with Gasteiger partial charge in [-0.2, -0.15) is 0 Å². The highest BCUT2D eigenvalue weighted by atomic mass is 79.9. The summed E-state index contributed by atoms with van der Waals surface area (Å²) >= 11 is 3.32. The number of rotatable bonds is 0. The maximum atomic E-state index is 11.5. The Morgan fingerprint density at radius 3 is 2.92 bits per heavy atom. The second-order valence-corrected chi connectivity index (χ2v) is 4.34. The SMILES string of the molecule is C[C@H]1CC(=O)c2cc(Br)c(N)cc21. The minimum Gasteiger partial charge on any atom is -0.398 e. The van der Waals surface area contributed by atoms with E-state index < -0.39 is 0 Å². The molecular weight excluding hydrogens is 230 g/mol. The number of ketones is 1. The molecule has 0 spiro atoms. The van der Waals surface area contributed by atoms with E-state index in [-0.39, 0.29) is 5.78 Å². The summed E-state index contributed by atoms with van der Waals surface area (Å²) in [5.41, 5.74) is 8.37. The van der Waals surface area contributed by atoms with Gasteiger partial charge in [0.25, 0.3) is 0 Å². The van der Waals surface area contributed by atoms with Gasteiger partial charge in [-0.05, 0) is 39.5 Å². The van der Waals surface area contributed by atoms with E-state index in [9.17, 15) is 4.79 Å². The fourth-order valence-corrected chi connectivity index (χ4v) is 2.10. The number of halogens is 1. The summed E-state index contributed by atoms with van der Waals surface area (Å²) in [6.45, 7) is 2.05. The van der Waals surface area contributed by atoms with Gasteiger partial charge in [-0.1, -0.05) is 6.92 Å². The maximum Gasteiger partial charge on any atom is 0.163 e. The van der Waals surface area contributed by atoms with E-state index in [1.807, 2.05) is 12.1 Å². The molecule has 0 saturated carbocycles. The third kappa shape index (κ3) is 1.27. The van der Waals surface area contributed by atoms with E-state index in [0.29, 0.717) is 18.0 Å². The van der Waals surface area contributed by atoms with Gasteiger partial charge in [0.05, 0.1) is 0 Å². The lowest BCUT2D eigenvalue weighted by Crippen LogP contribution is -1.94. The first-order valence-electron chi connectivity index (χ1n) is 4.21. The smallest absolute Gasteiger partial charge is 0.163 e. The number of hydrogen-bond donors (Lipinski definition) is 1. The molecule has 0 amide bonds. The lowest BCUT2D eigenvalue weighted by molar-refractivity contribution is 0.0990. The molecule has 1 aromatic rings. The van der Waals surface area contributed by atoms with E-state index in [1.165, 1.54) is 0 Å². The molecule has 0 heterocycles. The molecule has 2 nitrogen and oxygen atoms in total. The number of nitrogen functional groups attached to an aromatic ring is 1. The van der Waals surface area contributed by atoms with Crippen LogP contribution >= 0.6 is 15.9 Å². The van der Waals surface area contributed by atoms with Gasteiger partial charge in [0, 0.05) is 22.1 Å². The van der Waals surface area contributed by atoms with Crippen LogP contribution in [0.3, 0.4) is 0 Å². The van der Waals surface area contributed by atoms with Crippen LogP contribution < -0.4 is 5.73 Å². The van der Waals surface area contributed by atoms with Crippen molar-refractivity contribution < 1.29 is 4.79 Å². The topological polar surface area (TPSA) is 43.1 Å². The summed E-state index contributed by atoms with van der Waals surface area (Å²) < 4.78 is 0.814. The summed E-state index contributed by atoms with van der Waals surface area (Å²) in [6, 6.07) is 3.73. The Balaban J connectivity index is 2.65. The molecule has 1 atom stereocenters. The third-order valence-electron chi connectivity index (χ3n) is 2.49. The van der Waals surface area contributed by atoms with Crippen LogP contribution in [0.1, 0.15) is 35.2 Å². The van der Waals surface area contributed by atoms with Crippen LogP contribution in [0, 0.1) is 0 Å². The number of anilines is 1. The molecule has 1 aliphatic carbocycles. The molecule has 0 bridgehead atoms. The van der Waals surface area contributed by atoms with Crippen molar-refractivity contribution in [3.8, 4) is 0 Å². The largest absolute Gasteiger partial charge is 0.398 e. The number of carbonyl (C=O) groups is 1. The highest BCUT2D eigenvalue weighted by Crippen LogP contribution is 2.36. The first-order chi connectivity index (χ1) is 6.09. The van der Waals surface area contributed by atoms with Gasteiger partial charge in [0.2, 0.25) is 0 Å². The molecule has 0 saturated heterocycles. The minimum atomic E-state index is 0.225. The van der Waals surface area contributed by atoms with Crippen LogP contribution in [0.15, 0.2) is 16.6 Å². The lowest BCUT2D eigenvalue weighted by atomic mass is 10.0. The summed E-state index contributed by atoms with van der Waals surface area (Å²) in [5, 5.41) is 0. The Kier molecular flexibility index (Phi) is 1.91. The van der Waals surface area contributed by atoms with Crippen LogP contribution in [-0.4, -0.2) is 5.78 Å². The van der Waals surface area contributed by atoms with Crippen molar-refractivity contribution in [2.24, 2.45) is 0 Å². The zero-order valence-corrected chi connectivity index (χ0v) is 8.89. The highest BCUT2D eigenvalue weighted by molar-refractivity contribution is 9.10. The van der Waals surface area contributed by atoms with Crippen LogP contribution in [0.25, 0.3) is 0 Å². The minimum absolute atomic E-state index is 0.225. The predicted molar refractivity (Wildman–Crippen MR) is 55.9 cm³/mol. The summed E-state index contributed by atoms with van der Waals surface area (Å²) in [4.78, 5) is 11.5. The molecule has 0 unspecified atom stereocenters. The number of nitrogens with two attached hydrogens (primary N) is 1. The molecule has 0 aliphatic heterocycles. The average Bonchev–Trinajstić information content (AvgIpc) is 2.31. The van der Waals surface area contributed by atoms with E-state index >= 15 is 0 Å². The van der Waals surface area contributed by atoms with Gasteiger partial charge in [-0.3, -0.25) is 4.79 Å². The van der Waals surface area contributed by atoms with Crippen molar-refractivity contribution in [2.45, 2.75) is 19.3 Å². The number of fused-ring (bicyclic) bond motifs is 1. The summed E-state index contributed by atoms with van der Waals surface area (Å²) in [7, 11) is 0. The van der Waals surface area contributed by atoms with Crippen LogP contribution in [0.4, 0.5) is 5.69 Å². The monoisotopic (exact) mass is 239 g/mol. The zero-order valence-electron chi connectivity index (χ0n) is 7.30. The van der Waals surface area contributed by atoms with Crippen LogP contribution in [0.5, 0.6) is 0 Å². The summed E-state index contributed by atoms with van der Waals surface area (Å²) in [5.74, 6) is 0.543. The summed E-state index contributed by atoms with van der Waals surface area (Å²) in [6.07, 6.45) is 0.616. The molecule has 2 rings (SSSR count). The normalized spacial score (nSPS) is 20.5. The standard InChI is InChI=1S/C10H10BrNO/c1-5-2-10(13)7-3-8(11)9(12)4-6(5)7/h3-5H,2,12H2,1H3/t5-/m0/s1. The predicted octanol–water partition coefficient (Wildman–Crippen LogP) is 2.72. The molecule has 0 aromatic heterocycles.